The summed E-state index contributed by atoms with van der Waals surface area (Å²) in [4.78, 5) is 111. The quantitative estimate of drug-likeness (QED) is 0.0250. The fourth-order valence-electron chi connectivity index (χ4n) is 15.6. The van der Waals surface area contributed by atoms with Crippen molar-refractivity contribution in [3.05, 3.63) is 0 Å². The molecule has 0 aliphatic carbocycles. The molecule has 0 rings (SSSR count). The van der Waals surface area contributed by atoms with Crippen LogP contribution in [0.15, 0.2) is 0 Å². The Hall–Kier alpha value is -4.52. The molecule has 4 N–H and O–H groups in total. The second-order valence-electron chi connectivity index (χ2n) is 35.2. The molecule has 0 aliphatic heterocycles. The molecule has 0 fully saturated rings. The molecule has 0 aromatic carbocycles. The van der Waals surface area contributed by atoms with Crippen molar-refractivity contribution in [3.8, 4) is 0 Å². The normalized spacial score (nSPS) is 12.8. The Bertz CT molecular complexity index is 2100. The molecule has 0 aromatic rings. The van der Waals surface area contributed by atoms with Crippen LogP contribution in [-0.2, 0) is 76.3 Å². The molecule has 718 valence electrons. The van der Waals surface area contributed by atoms with E-state index in [9.17, 15) is 58.8 Å². The van der Waals surface area contributed by atoms with Crippen molar-refractivity contribution in [1.29, 1.82) is 0 Å². The van der Waals surface area contributed by atoms with E-state index in [1.807, 2.05) is 11.9 Å². The summed E-state index contributed by atoms with van der Waals surface area (Å²) in [5, 5.41) is 45.1. The molecule has 122 heavy (non-hydrogen) atoms. The highest BCUT2D eigenvalue weighted by atomic mass is 16.6. The molecule has 0 radical (unpaired) electrons. The lowest BCUT2D eigenvalue weighted by Gasteiger charge is -2.28. The Morgan fingerprint density at radius 1 is 0.197 bits per heavy atom. The highest BCUT2D eigenvalue weighted by Gasteiger charge is 2.30. The Morgan fingerprint density at radius 2 is 0.344 bits per heavy atom. The summed E-state index contributed by atoms with van der Waals surface area (Å²) < 4.78 is 45.2. The lowest BCUT2D eigenvalue weighted by atomic mass is 9.94. The number of esters is 8. The summed E-state index contributed by atoms with van der Waals surface area (Å²) in [6.07, 6.45) is 48.0. The van der Waals surface area contributed by atoms with Crippen LogP contribution in [0.3, 0.4) is 0 Å². The monoisotopic (exact) mass is 1740 g/mol. The molecule has 0 heterocycles. The third kappa shape index (κ3) is 69.6. The molecule has 0 saturated carbocycles. The highest BCUT2D eigenvalue weighted by molar-refractivity contribution is 5.77. The van der Waals surface area contributed by atoms with E-state index in [0.717, 1.165) is 308 Å². The van der Waals surface area contributed by atoms with E-state index in [4.69, 9.17) is 37.9 Å². The summed E-state index contributed by atoms with van der Waals surface area (Å²) in [7, 11) is 1.90. The summed E-state index contributed by atoms with van der Waals surface area (Å²) in [5.41, 5.74) is 0. The molecular formula is C99H187N3O20. The maximum atomic E-state index is 13.3. The summed E-state index contributed by atoms with van der Waals surface area (Å²) >= 11 is 0. The van der Waals surface area contributed by atoms with Crippen LogP contribution in [-0.4, -0.2) is 220 Å². The average molecular weight is 1740 g/mol. The largest absolute Gasteiger partial charge is 0.465 e. The second-order valence-corrected chi connectivity index (χ2v) is 35.2. The number of rotatable bonds is 92. The van der Waals surface area contributed by atoms with Gasteiger partial charge in [0, 0.05) is 26.2 Å². The van der Waals surface area contributed by atoms with Gasteiger partial charge in [-0.15, -0.1) is 0 Å². The van der Waals surface area contributed by atoms with Crippen molar-refractivity contribution >= 4 is 47.8 Å². The van der Waals surface area contributed by atoms with Gasteiger partial charge in [0.2, 0.25) is 0 Å². The minimum Gasteiger partial charge on any atom is -0.465 e. The molecule has 0 saturated heterocycles. The highest BCUT2D eigenvalue weighted by Crippen LogP contribution is 2.26. The van der Waals surface area contributed by atoms with Crippen molar-refractivity contribution in [1.82, 2.24) is 14.7 Å². The van der Waals surface area contributed by atoms with Crippen LogP contribution >= 0.6 is 0 Å². The maximum Gasteiger partial charge on any atom is 0.336 e. The van der Waals surface area contributed by atoms with E-state index in [1.165, 1.54) is 0 Å². The summed E-state index contributed by atoms with van der Waals surface area (Å²) in [6, 6.07) is 0. The predicted octanol–water partition coefficient (Wildman–Crippen LogP) is 20.6. The topological polar surface area (TPSA) is 301 Å². The molecule has 4 atom stereocenters. The van der Waals surface area contributed by atoms with Gasteiger partial charge in [-0.2, -0.15) is 0 Å². The third-order valence-electron chi connectivity index (χ3n) is 23.5. The van der Waals surface area contributed by atoms with Crippen molar-refractivity contribution in [3.63, 3.8) is 0 Å². The molecule has 0 aliphatic rings. The number of hydrogen-bond donors (Lipinski definition) is 4. The molecule has 0 spiro atoms. The van der Waals surface area contributed by atoms with Crippen LogP contribution in [0.1, 0.15) is 428 Å². The van der Waals surface area contributed by atoms with Crippen molar-refractivity contribution in [2.45, 2.75) is 452 Å². The predicted molar refractivity (Wildman–Crippen MR) is 489 cm³/mol. The van der Waals surface area contributed by atoms with Crippen LogP contribution in [0, 0.1) is 23.7 Å². The van der Waals surface area contributed by atoms with Crippen LogP contribution < -0.4 is 0 Å². The average Bonchev–Trinajstić information content (AvgIpc) is 0.914. The van der Waals surface area contributed by atoms with Crippen molar-refractivity contribution in [2.75, 3.05) is 112 Å². The fourth-order valence-corrected chi connectivity index (χ4v) is 15.6. The van der Waals surface area contributed by atoms with Gasteiger partial charge in [-0.1, -0.05) is 261 Å². The van der Waals surface area contributed by atoms with E-state index in [1.54, 1.807) is 9.80 Å². The van der Waals surface area contributed by atoms with E-state index in [2.05, 4.69) is 55.4 Å². The second kappa shape index (κ2) is 85.9. The first kappa shape index (κ1) is 117. The Kier molecular flexibility index (Phi) is 82.7. The molecule has 23 nitrogen and oxygen atoms in total. The molecule has 0 bridgehead atoms. The fraction of sp³-hybridized carbons (Fsp3) is 0.919. The Labute approximate surface area is 743 Å². The summed E-state index contributed by atoms with van der Waals surface area (Å²) in [6.45, 7) is 19.6. The number of aliphatic hydroxyl groups excluding tert-OH is 4. The molecule has 0 amide bonds. The molecular weight excluding hydrogens is 1550 g/mol. The van der Waals surface area contributed by atoms with Gasteiger partial charge >= 0.3 is 47.8 Å². The number of nitrogens with zero attached hydrogens (tertiary/aromatic N) is 3. The Morgan fingerprint density at radius 3 is 0.500 bits per heavy atom. The van der Waals surface area contributed by atoms with Gasteiger partial charge in [0.25, 0.3) is 0 Å². The number of aliphatic hydroxyl groups is 4. The van der Waals surface area contributed by atoms with Crippen molar-refractivity contribution < 1.29 is 96.7 Å². The van der Waals surface area contributed by atoms with E-state index < -0.39 is 48.3 Å². The van der Waals surface area contributed by atoms with Gasteiger partial charge in [0.05, 0.1) is 76.5 Å². The zero-order valence-corrected chi connectivity index (χ0v) is 79.6. The van der Waals surface area contributed by atoms with Crippen LogP contribution in [0.4, 0.5) is 0 Å². The number of carbonyl (C=O) groups excluding carboxylic acids is 8. The number of unbranched alkanes of at least 4 members (excludes halogenated alkanes) is 36. The summed E-state index contributed by atoms with van der Waals surface area (Å²) in [5.74, 6) is -4.00. The van der Waals surface area contributed by atoms with Crippen LogP contribution in [0.25, 0.3) is 0 Å². The maximum absolute atomic E-state index is 13.3. The number of carbonyl (C=O) groups is 8. The molecule has 4 unspecified atom stereocenters. The van der Waals surface area contributed by atoms with Gasteiger partial charge in [-0.3, -0.25) is 29.0 Å². The van der Waals surface area contributed by atoms with Gasteiger partial charge in [0.1, 0.15) is 0 Å². The smallest absolute Gasteiger partial charge is 0.336 e. The van der Waals surface area contributed by atoms with Gasteiger partial charge in [-0.25, -0.2) is 19.2 Å². The SMILES string of the molecule is CCCCCCC(CCCCCC)C(=O)OCCCCCCOC(=O)C(O)CN(CCCN(C)CCCN(CC(O)C(=O)OCCCCCCOC(=O)C(CCCCCC)CCCCCC)CC(O)C(=O)OCCCCCCOC(=O)C(CCCCCC)CCCCCC)CC(O)C(=O)OCCCCCCOC(=O)C(CCCCCC)CCCCCC. The van der Waals surface area contributed by atoms with Crippen LogP contribution in [0.5, 0.6) is 0 Å². The van der Waals surface area contributed by atoms with Gasteiger partial charge < -0.3 is 63.2 Å². The number of hydrogen-bond acceptors (Lipinski definition) is 23. The van der Waals surface area contributed by atoms with Crippen LogP contribution in [0.2, 0.25) is 0 Å². The Balaban J connectivity index is 6.08. The van der Waals surface area contributed by atoms with Gasteiger partial charge in [0.15, 0.2) is 24.4 Å². The standard InChI is InChI=1S/C99H187N3O20/c1-10-18-26-42-60-84(61-43-27-19-11-2)92(107)115-72-50-34-38-54-76-119-96(111)88(103)80-101(81-89(104)97(112)120-77-55-39-35-51-73-116-93(108)85(62-44-28-20-12-3)63-45-29-21-13-4)70-58-68-100(9)69-59-71-102(82-90(105)98(113)121-78-56-40-36-52-74-117-94(109)86(64-46-30-22-14-5)65-47-31-23-15-6)83-91(106)99(114)122-79-57-41-37-53-75-118-95(110)87(66-48-32-24-16-7)67-49-33-25-17-8/h84-91,103-106H,10-83H2,1-9H3. The molecule has 0 aromatic heterocycles. The van der Waals surface area contributed by atoms with E-state index in [0.29, 0.717) is 104 Å². The van der Waals surface area contributed by atoms with Crippen molar-refractivity contribution in [2.24, 2.45) is 23.7 Å². The lowest BCUT2D eigenvalue weighted by Crippen LogP contribution is -2.45. The molecule has 23 heteroatoms. The number of ether oxygens (including phenoxy) is 8. The zero-order valence-electron chi connectivity index (χ0n) is 79.6. The van der Waals surface area contributed by atoms with E-state index in [-0.39, 0.29) is 113 Å². The first-order valence-corrected chi connectivity index (χ1v) is 50.5. The zero-order chi connectivity index (χ0) is 90.0. The van der Waals surface area contributed by atoms with E-state index >= 15 is 0 Å². The third-order valence-corrected chi connectivity index (χ3v) is 23.5. The lowest BCUT2D eigenvalue weighted by molar-refractivity contribution is -0.158. The first-order valence-electron chi connectivity index (χ1n) is 50.5. The first-order chi connectivity index (χ1) is 59.3. The minimum atomic E-state index is -1.59. The van der Waals surface area contributed by atoms with Gasteiger partial charge in [-0.05, 0) is 200 Å². The minimum absolute atomic E-state index is 0.0645.